The van der Waals surface area contributed by atoms with Crippen molar-refractivity contribution in [2.75, 3.05) is 18.9 Å². The quantitative estimate of drug-likeness (QED) is 0.865. The Morgan fingerprint density at radius 1 is 1.32 bits per heavy atom. The lowest BCUT2D eigenvalue weighted by molar-refractivity contribution is -0.135. The number of likely N-dealkylation sites (N-methyl/N-ethyl adjacent to an activating group) is 1. The van der Waals surface area contributed by atoms with Gasteiger partial charge in [-0.2, -0.15) is 0 Å². The van der Waals surface area contributed by atoms with Gasteiger partial charge in [0.25, 0.3) is 0 Å². The van der Waals surface area contributed by atoms with Gasteiger partial charge in [-0.1, -0.05) is 18.2 Å². The summed E-state index contributed by atoms with van der Waals surface area (Å²) in [5.74, 6) is -0.382. The molecule has 0 heterocycles. The van der Waals surface area contributed by atoms with Gasteiger partial charge < -0.3 is 16.0 Å². The second-order valence-corrected chi connectivity index (χ2v) is 4.73. The molecule has 5 nitrogen and oxygen atoms in total. The van der Waals surface area contributed by atoms with Gasteiger partial charge in [0.15, 0.2) is 0 Å². The number of nitrogens with one attached hydrogen (secondary N) is 1. The van der Waals surface area contributed by atoms with E-state index >= 15 is 0 Å². The minimum atomic E-state index is -0.720. The maximum absolute atomic E-state index is 11.8. The largest absolute Gasteiger partial charge is 0.335 e. The first-order valence-corrected chi connectivity index (χ1v) is 5.91. The molecule has 3 N–H and O–H groups in total. The van der Waals surface area contributed by atoms with E-state index in [1.165, 1.54) is 4.90 Å². The summed E-state index contributed by atoms with van der Waals surface area (Å²) in [6, 6.07) is 9.14. The first-order valence-electron chi connectivity index (χ1n) is 5.91. The number of carbonyl (C=O) groups excluding carboxylic acids is 2. The zero-order chi connectivity index (χ0) is 13.2. The van der Waals surface area contributed by atoms with Crippen molar-refractivity contribution in [2.24, 2.45) is 5.73 Å². The fourth-order valence-electron chi connectivity index (χ4n) is 1.74. The molecule has 0 bridgehead atoms. The summed E-state index contributed by atoms with van der Waals surface area (Å²) in [6.45, 7) is 0.0205. The standard InChI is InChI=1S/C13H17N3O2.ClH/c1-16(12(18)13(14)7-8-13)9-11(17)15-10-5-3-2-4-6-10;/h2-6H,7-9,14H2,1H3,(H,15,17);1H. The maximum atomic E-state index is 11.8. The van der Waals surface area contributed by atoms with Crippen LogP contribution in [0.1, 0.15) is 12.8 Å². The second-order valence-electron chi connectivity index (χ2n) is 4.73. The fraction of sp³-hybridized carbons (Fsp3) is 0.385. The van der Waals surface area contributed by atoms with Gasteiger partial charge in [-0.05, 0) is 25.0 Å². The van der Waals surface area contributed by atoms with E-state index in [0.717, 1.165) is 5.69 Å². The van der Waals surface area contributed by atoms with Gasteiger partial charge >= 0.3 is 0 Å². The Morgan fingerprint density at radius 2 is 1.89 bits per heavy atom. The highest BCUT2D eigenvalue weighted by Crippen LogP contribution is 2.33. The minimum Gasteiger partial charge on any atom is -0.335 e. The number of nitrogens with zero attached hydrogens (tertiary/aromatic N) is 1. The van der Waals surface area contributed by atoms with Crippen LogP contribution in [0.2, 0.25) is 0 Å². The number of hydrogen-bond donors (Lipinski definition) is 2. The smallest absolute Gasteiger partial charge is 0.243 e. The van der Waals surface area contributed by atoms with Crippen LogP contribution in [0.15, 0.2) is 30.3 Å². The van der Waals surface area contributed by atoms with Gasteiger partial charge in [0.05, 0.1) is 12.1 Å². The molecule has 0 saturated heterocycles. The van der Waals surface area contributed by atoms with Crippen LogP contribution >= 0.6 is 12.4 Å². The summed E-state index contributed by atoms with van der Waals surface area (Å²) < 4.78 is 0. The molecule has 1 fully saturated rings. The summed E-state index contributed by atoms with van der Waals surface area (Å²) in [5, 5.41) is 2.73. The topological polar surface area (TPSA) is 75.4 Å². The van der Waals surface area contributed by atoms with Crippen molar-refractivity contribution in [1.82, 2.24) is 4.90 Å². The van der Waals surface area contributed by atoms with Crippen LogP contribution < -0.4 is 11.1 Å². The molecule has 1 aromatic carbocycles. The van der Waals surface area contributed by atoms with Crippen molar-refractivity contribution in [3.63, 3.8) is 0 Å². The maximum Gasteiger partial charge on any atom is 0.243 e. The molecule has 0 aromatic heterocycles. The molecule has 6 heteroatoms. The van der Waals surface area contributed by atoms with Crippen molar-refractivity contribution in [3.05, 3.63) is 30.3 Å². The number of benzene rings is 1. The van der Waals surface area contributed by atoms with Gasteiger partial charge in [0, 0.05) is 12.7 Å². The summed E-state index contributed by atoms with van der Waals surface area (Å²) in [7, 11) is 1.60. The van der Waals surface area contributed by atoms with Crippen LogP contribution in [0.4, 0.5) is 5.69 Å². The first kappa shape index (κ1) is 15.5. The molecule has 2 amide bonds. The first-order chi connectivity index (χ1) is 8.51. The molecule has 0 spiro atoms. The third kappa shape index (κ3) is 3.94. The number of carbonyl (C=O) groups is 2. The second kappa shape index (κ2) is 6.04. The number of rotatable bonds is 4. The number of nitrogens with two attached hydrogens (primary N) is 1. The van der Waals surface area contributed by atoms with Gasteiger partial charge in [0.1, 0.15) is 0 Å². The number of anilines is 1. The van der Waals surface area contributed by atoms with Crippen molar-refractivity contribution in [1.29, 1.82) is 0 Å². The van der Waals surface area contributed by atoms with Crippen LogP contribution in [0.3, 0.4) is 0 Å². The van der Waals surface area contributed by atoms with Crippen molar-refractivity contribution >= 4 is 29.9 Å². The summed E-state index contributed by atoms with van der Waals surface area (Å²) in [6.07, 6.45) is 1.41. The Hall–Kier alpha value is -1.59. The summed E-state index contributed by atoms with van der Waals surface area (Å²) in [4.78, 5) is 24.9. The highest BCUT2D eigenvalue weighted by molar-refractivity contribution is 5.96. The molecular weight excluding hydrogens is 266 g/mol. The Balaban J connectivity index is 0.00000180. The van der Waals surface area contributed by atoms with E-state index in [1.807, 2.05) is 18.2 Å². The lowest BCUT2D eigenvalue weighted by Crippen LogP contribution is -2.46. The Kier molecular flexibility index (Phi) is 4.91. The SMILES string of the molecule is CN(CC(=O)Nc1ccccc1)C(=O)C1(N)CC1.Cl. The van der Waals surface area contributed by atoms with E-state index in [0.29, 0.717) is 12.8 Å². The summed E-state index contributed by atoms with van der Waals surface area (Å²) in [5.41, 5.74) is 5.80. The molecule has 104 valence electrons. The van der Waals surface area contributed by atoms with Gasteiger partial charge in [-0.25, -0.2) is 0 Å². The van der Waals surface area contributed by atoms with Crippen molar-refractivity contribution in [2.45, 2.75) is 18.4 Å². The van der Waals surface area contributed by atoms with E-state index < -0.39 is 5.54 Å². The van der Waals surface area contributed by atoms with E-state index in [4.69, 9.17) is 5.73 Å². The van der Waals surface area contributed by atoms with E-state index in [1.54, 1.807) is 19.2 Å². The molecule has 0 aliphatic heterocycles. The molecule has 1 aromatic rings. The molecule has 0 radical (unpaired) electrons. The lowest BCUT2D eigenvalue weighted by Gasteiger charge is -2.20. The molecule has 0 atom stereocenters. The van der Waals surface area contributed by atoms with Crippen LogP contribution in [-0.4, -0.2) is 35.8 Å². The molecule has 1 aliphatic rings. The zero-order valence-electron chi connectivity index (χ0n) is 10.8. The third-order valence-electron chi connectivity index (χ3n) is 3.00. The number of hydrogen-bond acceptors (Lipinski definition) is 3. The van der Waals surface area contributed by atoms with Crippen LogP contribution in [-0.2, 0) is 9.59 Å². The average Bonchev–Trinajstić information content (AvgIpc) is 3.08. The Morgan fingerprint density at radius 3 is 2.42 bits per heavy atom. The highest BCUT2D eigenvalue weighted by atomic mass is 35.5. The van der Waals surface area contributed by atoms with E-state index in [2.05, 4.69) is 5.32 Å². The van der Waals surface area contributed by atoms with Gasteiger partial charge in [0.2, 0.25) is 11.8 Å². The van der Waals surface area contributed by atoms with Crippen molar-refractivity contribution < 1.29 is 9.59 Å². The van der Waals surface area contributed by atoms with Gasteiger partial charge in [-0.3, -0.25) is 9.59 Å². The summed E-state index contributed by atoms with van der Waals surface area (Å²) >= 11 is 0. The highest BCUT2D eigenvalue weighted by Gasteiger charge is 2.47. The van der Waals surface area contributed by atoms with E-state index in [-0.39, 0.29) is 30.8 Å². The molecule has 19 heavy (non-hydrogen) atoms. The number of para-hydroxylation sites is 1. The van der Waals surface area contributed by atoms with Crippen LogP contribution in [0.25, 0.3) is 0 Å². The predicted molar refractivity (Wildman–Crippen MR) is 76.1 cm³/mol. The molecule has 1 saturated carbocycles. The Labute approximate surface area is 118 Å². The Bertz CT molecular complexity index is 460. The molecule has 2 rings (SSSR count). The fourth-order valence-corrected chi connectivity index (χ4v) is 1.74. The predicted octanol–water partition coefficient (Wildman–Crippen LogP) is 0.997. The molecule has 0 unspecified atom stereocenters. The average molecular weight is 284 g/mol. The third-order valence-corrected chi connectivity index (χ3v) is 3.00. The van der Waals surface area contributed by atoms with E-state index in [9.17, 15) is 9.59 Å². The molecular formula is C13H18ClN3O2. The number of halogens is 1. The lowest BCUT2D eigenvalue weighted by atomic mass is 10.2. The zero-order valence-corrected chi connectivity index (χ0v) is 11.6. The minimum absolute atomic E-state index is 0. The monoisotopic (exact) mass is 283 g/mol. The normalized spacial score (nSPS) is 15.1. The van der Waals surface area contributed by atoms with Crippen LogP contribution in [0.5, 0.6) is 0 Å². The molecule has 1 aliphatic carbocycles. The number of amides is 2. The van der Waals surface area contributed by atoms with Gasteiger partial charge in [-0.15, -0.1) is 12.4 Å². The van der Waals surface area contributed by atoms with Crippen molar-refractivity contribution in [3.8, 4) is 0 Å². The van der Waals surface area contributed by atoms with Crippen LogP contribution in [0, 0.1) is 0 Å².